The lowest BCUT2D eigenvalue weighted by Gasteiger charge is -2.18. The third-order valence-electron chi connectivity index (χ3n) is 11.2. The number of benzene rings is 9. The van der Waals surface area contributed by atoms with Crippen molar-refractivity contribution in [2.24, 2.45) is 0 Å². The SMILES string of the molecule is c1ccc(-c2cc(-c3nc4ccccc4n3-c3ccc(-c4c5ccccc5c(-c5ccc6ccccc6c5)c5ccccc45)cc3)cc(-c3ccccc3)n2)cc1. The molecule has 9 aromatic carbocycles. The van der Waals surface area contributed by atoms with E-state index in [0.717, 1.165) is 50.6 Å². The Kier molecular flexibility index (Phi) is 7.82. The molecular weight excluding hydrogens is 691 g/mol. The summed E-state index contributed by atoms with van der Waals surface area (Å²) in [5.41, 5.74) is 12.9. The fraction of sp³-hybridized carbons (Fsp3) is 0. The molecule has 0 aliphatic rings. The Hall–Kier alpha value is -7.62. The van der Waals surface area contributed by atoms with Crippen LogP contribution in [0.25, 0.3) is 105 Å². The Bertz CT molecular complexity index is 3160. The van der Waals surface area contributed by atoms with Crippen molar-refractivity contribution in [2.45, 2.75) is 0 Å². The molecule has 0 unspecified atom stereocenters. The van der Waals surface area contributed by atoms with Crippen LogP contribution in [-0.4, -0.2) is 14.5 Å². The van der Waals surface area contributed by atoms with Gasteiger partial charge in [-0.15, -0.1) is 0 Å². The van der Waals surface area contributed by atoms with Gasteiger partial charge in [0.1, 0.15) is 5.82 Å². The van der Waals surface area contributed by atoms with E-state index in [1.165, 1.54) is 54.6 Å². The lowest BCUT2D eigenvalue weighted by Crippen LogP contribution is -1.99. The summed E-state index contributed by atoms with van der Waals surface area (Å²) in [6.07, 6.45) is 0. The van der Waals surface area contributed by atoms with E-state index >= 15 is 0 Å². The predicted octanol–water partition coefficient (Wildman–Crippen LogP) is 14.2. The largest absolute Gasteiger partial charge is 0.292 e. The Morgan fingerprint density at radius 2 is 0.807 bits per heavy atom. The fourth-order valence-corrected chi connectivity index (χ4v) is 8.53. The minimum Gasteiger partial charge on any atom is -0.292 e. The number of aromatic nitrogens is 3. The summed E-state index contributed by atoms with van der Waals surface area (Å²) < 4.78 is 2.29. The van der Waals surface area contributed by atoms with E-state index in [2.05, 4.69) is 205 Å². The molecule has 0 aliphatic heterocycles. The number of hydrogen-bond acceptors (Lipinski definition) is 2. The van der Waals surface area contributed by atoms with Gasteiger partial charge in [-0.3, -0.25) is 4.57 Å². The number of rotatable bonds is 6. The molecule has 0 saturated carbocycles. The third kappa shape index (κ3) is 5.68. The molecule has 0 atom stereocenters. The summed E-state index contributed by atoms with van der Waals surface area (Å²) in [7, 11) is 0. The minimum atomic E-state index is 0.872. The zero-order valence-corrected chi connectivity index (χ0v) is 31.0. The van der Waals surface area contributed by atoms with Crippen molar-refractivity contribution in [3.8, 4) is 61.8 Å². The van der Waals surface area contributed by atoms with Gasteiger partial charge in [-0.25, -0.2) is 9.97 Å². The van der Waals surface area contributed by atoms with Crippen LogP contribution in [0.5, 0.6) is 0 Å². The number of hydrogen-bond donors (Lipinski definition) is 0. The highest BCUT2D eigenvalue weighted by Crippen LogP contribution is 2.44. The highest BCUT2D eigenvalue weighted by molar-refractivity contribution is 6.21. The quantitative estimate of drug-likeness (QED) is 0.160. The third-order valence-corrected chi connectivity index (χ3v) is 11.2. The van der Waals surface area contributed by atoms with E-state index in [4.69, 9.17) is 9.97 Å². The summed E-state index contributed by atoms with van der Waals surface area (Å²) in [6.45, 7) is 0. The first kappa shape index (κ1) is 32.8. The topological polar surface area (TPSA) is 30.7 Å². The minimum absolute atomic E-state index is 0.872. The molecule has 0 fully saturated rings. The molecular formula is C54H35N3. The number of imidazole rings is 1. The summed E-state index contributed by atoms with van der Waals surface area (Å²) in [5, 5.41) is 7.45. The predicted molar refractivity (Wildman–Crippen MR) is 239 cm³/mol. The second kappa shape index (κ2) is 13.6. The first-order valence-corrected chi connectivity index (χ1v) is 19.4. The lowest BCUT2D eigenvalue weighted by molar-refractivity contribution is 1.10. The average molecular weight is 726 g/mol. The van der Waals surface area contributed by atoms with Gasteiger partial charge in [0, 0.05) is 22.4 Å². The van der Waals surface area contributed by atoms with E-state index in [9.17, 15) is 0 Å². The van der Waals surface area contributed by atoms with Crippen LogP contribution in [0, 0.1) is 0 Å². The van der Waals surface area contributed by atoms with Gasteiger partial charge in [-0.05, 0) is 97.0 Å². The van der Waals surface area contributed by atoms with Gasteiger partial charge in [-0.1, -0.05) is 170 Å². The molecule has 266 valence electrons. The van der Waals surface area contributed by atoms with Crippen molar-refractivity contribution in [2.75, 3.05) is 0 Å². The zero-order valence-electron chi connectivity index (χ0n) is 31.0. The van der Waals surface area contributed by atoms with E-state index in [1.807, 2.05) is 12.1 Å². The van der Waals surface area contributed by atoms with Gasteiger partial charge in [0.25, 0.3) is 0 Å². The Labute approximate surface area is 330 Å². The maximum Gasteiger partial charge on any atom is 0.145 e. The number of nitrogens with zero attached hydrogens (tertiary/aromatic N) is 3. The molecule has 0 amide bonds. The van der Waals surface area contributed by atoms with Crippen molar-refractivity contribution >= 4 is 43.4 Å². The number of pyridine rings is 1. The molecule has 2 aromatic heterocycles. The monoisotopic (exact) mass is 725 g/mol. The van der Waals surface area contributed by atoms with Crippen LogP contribution in [0.3, 0.4) is 0 Å². The van der Waals surface area contributed by atoms with Gasteiger partial charge in [-0.2, -0.15) is 0 Å². The molecule has 0 bridgehead atoms. The smallest absolute Gasteiger partial charge is 0.145 e. The molecule has 57 heavy (non-hydrogen) atoms. The summed E-state index contributed by atoms with van der Waals surface area (Å²) in [4.78, 5) is 10.4. The maximum absolute atomic E-state index is 5.28. The van der Waals surface area contributed by atoms with E-state index < -0.39 is 0 Å². The zero-order chi connectivity index (χ0) is 37.7. The molecule has 3 nitrogen and oxygen atoms in total. The molecule has 3 heteroatoms. The van der Waals surface area contributed by atoms with Crippen LogP contribution in [0.4, 0.5) is 0 Å². The van der Waals surface area contributed by atoms with Crippen LogP contribution in [-0.2, 0) is 0 Å². The first-order valence-electron chi connectivity index (χ1n) is 19.4. The van der Waals surface area contributed by atoms with Gasteiger partial charge >= 0.3 is 0 Å². The molecule has 0 aliphatic carbocycles. The Morgan fingerprint density at radius 1 is 0.316 bits per heavy atom. The Morgan fingerprint density at radius 3 is 1.42 bits per heavy atom. The molecule has 11 aromatic rings. The van der Waals surface area contributed by atoms with Crippen LogP contribution in [0.2, 0.25) is 0 Å². The van der Waals surface area contributed by atoms with Gasteiger partial charge in [0.15, 0.2) is 0 Å². The van der Waals surface area contributed by atoms with Crippen LogP contribution >= 0.6 is 0 Å². The van der Waals surface area contributed by atoms with Crippen LogP contribution in [0.15, 0.2) is 212 Å². The van der Waals surface area contributed by atoms with Crippen LogP contribution < -0.4 is 0 Å². The van der Waals surface area contributed by atoms with Crippen molar-refractivity contribution in [1.82, 2.24) is 14.5 Å². The number of para-hydroxylation sites is 2. The normalized spacial score (nSPS) is 11.5. The summed E-state index contributed by atoms with van der Waals surface area (Å²) in [5.74, 6) is 0.872. The second-order valence-electron chi connectivity index (χ2n) is 14.6. The highest BCUT2D eigenvalue weighted by Gasteiger charge is 2.20. The van der Waals surface area contributed by atoms with Gasteiger partial charge in [0.05, 0.1) is 22.4 Å². The highest BCUT2D eigenvalue weighted by atomic mass is 15.1. The van der Waals surface area contributed by atoms with Crippen LogP contribution in [0.1, 0.15) is 0 Å². The summed E-state index contributed by atoms with van der Waals surface area (Å²) >= 11 is 0. The summed E-state index contributed by atoms with van der Waals surface area (Å²) in [6, 6.07) is 75.7. The van der Waals surface area contributed by atoms with Crippen molar-refractivity contribution in [3.63, 3.8) is 0 Å². The van der Waals surface area contributed by atoms with E-state index in [-0.39, 0.29) is 0 Å². The number of fused-ring (bicyclic) bond motifs is 4. The molecule has 2 heterocycles. The van der Waals surface area contributed by atoms with E-state index in [0.29, 0.717) is 0 Å². The molecule has 0 radical (unpaired) electrons. The van der Waals surface area contributed by atoms with Crippen molar-refractivity contribution in [3.05, 3.63) is 212 Å². The van der Waals surface area contributed by atoms with Crippen molar-refractivity contribution < 1.29 is 0 Å². The fourth-order valence-electron chi connectivity index (χ4n) is 8.53. The second-order valence-corrected chi connectivity index (χ2v) is 14.6. The van der Waals surface area contributed by atoms with Gasteiger partial charge in [0.2, 0.25) is 0 Å². The molecule has 0 spiro atoms. The maximum atomic E-state index is 5.28. The molecule has 0 N–H and O–H groups in total. The van der Waals surface area contributed by atoms with Gasteiger partial charge < -0.3 is 0 Å². The Balaban J connectivity index is 1.09. The molecule has 0 saturated heterocycles. The first-order chi connectivity index (χ1) is 28.3. The van der Waals surface area contributed by atoms with E-state index in [1.54, 1.807) is 0 Å². The molecule has 11 rings (SSSR count). The lowest BCUT2D eigenvalue weighted by atomic mass is 9.85. The standard InChI is InChI=1S/C54H35N3/c1-3-16-37(17-4-1)49-34-42(35-50(55-49)38-18-5-2-6-19-38)54-56-48-25-13-14-26-51(48)57(54)43-31-29-39(30-32-43)52-44-21-9-11-23-46(44)53(47-24-12-10-22-45(47)52)41-28-27-36-15-7-8-20-40(36)33-41/h1-35H. The average Bonchev–Trinajstić information content (AvgIpc) is 3.68. The van der Waals surface area contributed by atoms with Crippen molar-refractivity contribution in [1.29, 1.82) is 0 Å².